The Kier molecular flexibility index (Phi) is 5.10. The molecule has 2 aliphatic heterocycles. The van der Waals surface area contributed by atoms with Gasteiger partial charge in [-0.05, 0) is 59.3 Å². The summed E-state index contributed by atoms with van der Waals surface area (Å²) in [6.07, 6.45) is 5.33. The number of hydrogen-bond donors (Lipinski definition) is 1. The number of hydrogen-bond acceptors (Lipinski definition) is 5. The molecular weight excluding hydrogens is 334 g/mol. The molecule has 0 spiro atoms. The average Bonchev–Trinajstić information content (AvgIpc) is 3.30. The Morgan fingerprint density at radius 3 is 3.16 bits per heavy atom. The van der Waals surface area contributed by atoms with Gasteiger partial charge in [-0.25, -0.2) is 0 Å². The number of nitrogens with zero attached hydrogens (tertiary/aromatic N) is 2. The van der Waals surface area contributed by atoms with Gasteiger partial charge in [-0.3, -0.25) is 14.7 Å². The Balaban J connectivity index is 1.28. The number of pyridine rings is 1. The van der Waals surface area contributed by atoms with E-state index in [1.165, 1.54) is 5.56 Å². The first-order chi connectivity index (χ1) is 12.3. The first-order valence-corrected chi connectivity index (χ1v) is 9.78. The van der Waals surface area contributed by atoms with Crippen molar-refractivity contribution in [1.82, 2.24) is 15.2 Å². The molecule has 0 radical (unpaired) electrons. The first kappa shape index (κ1) is 16.7. The molecule has 1 N–H and O–H groups in total. The summed E-state index contributed by atoms with van der Waals surface area (Å²) in [5.41, 5.74) is 2.38. The molecule has 2 aliphatic rings. The molecule has 4 rings (SSSR count). The van der Waals surface area contributed by atoms with Crippen molar-refractivity contribution in [3.8, 4) is 0 Å². The van der Waals surface area contributed by atoms with E-state index in [9.17, 15) is 4.79 Å². The normalized spacial score (nSPS) is 26.3. The van der Waals surface area contributed by atoms with Gasteiger partial charge in [-0.1, -0.05) is 6.07 Å². The van der Waals surface area contributed by atoms with Crippen molar-refractivity contribution in [3.05, 3.63) is 52.5 Å². The second-order valence-corrected chi connectivity index (χ2v) is 7.67. The second kappa shape index (κ2) is 7.64. The maximum atomic E-state index is 12.4. The van der Waals surface area contributed by atoms with Crippen molar-refractivity contribution in [2.45, 2.75) is 38.1 Å². The van der Waals surface area contributed by atoms with Gasteiger partial charge in [0.2, 0.25) is 5.91 Å². The van der Waals surface area contributed by atoms with Crippen LogP contribution in [0.1, 0.15) is 24.0 Å². The number of aromatic nitrogens is 1. The van der Waals surface area contributed by atoms with Crippen LogP contribution in [0.15, 0.2) is 41.4 Å². The molecule has 0 bridgehead atoms. The molecule has 5 nitrogen and oxygen atoms in total. The Bertz CT molecular complexity index is 692. The number of rotatable bonds is 5. The zero-order valence-corrected chi connectivity index (χ0v) is 15.0. The van der Waals surface area contributed by atoms with Crippen LogP contribution in [0.4, 0.5) is 0 Å². The molecule has 2 saturated heterocycles. The van der Waals surface area contributed by atoms with E-state index in [1.54, 1.807) is 23.7 Å². The van der Waals surface area contributed by atoms with Gasteiger partial charge in [-0.2, -0.15) is 11.3 Å². The summed E-state index contributed by atoms with van der Waals surface area (Å²) in [4.78, 5) is 18.9. The van der Waals surface area contributed by atoms with Gasteiger partial charge in [-0.15, -0.1) is 0 Å². The fraction of sp³-hybridized carbons (Fsp3) is 0.474. The Morgan fingerprint density at radius 2 is 2.36 bits per heavy atom. The van der Waals surface area contributed by atoms with E-state index in [0.717, 1.165) is 38.0 Å². The van der Waals surface area contributed by atoms with Gasteiger partial charge in [0, 0.05) is 32.0 Å². The highest BCUT2D eigenvalue weighted by molar-refractivity contribution is 7.07. The van der Waals surface area contributed by atoms with Crippen LogP contribution >= 0.6 is 11.3 Å². The number of carbonyl (C=O) groups excluding carboxylic acids is 1. The highest BCUT2D eigenvalue weighted by Crippen LogP contribution is 2.33. The summed E-state index contributed by atoms with van der Waals surface area (Å²) in [7, 11) is 0. The van der Waals surface area contributed by atoms with Crippen LogP contribution in [0.25, 0.3) is 0 Å². The number of carbonyl (C=O) groups is 1. The van der Waals surface area contributed by atoms with Crippen LogP contribution in [0, 0.1) is 5.92 Å². The minimum atomic E-state index is -0.312. The number of amides is 1. The predicted octanol–water partition coefficient (Wildman–Crippen LogP) is 2.44. The van der Waals surface area contributed by atoms with Crippen molar-refractivity contribution in [3.63, 3.8) is 0 Å². The molecule has 1 amide bonds. The number of piperidine rings is 1. The minimum absolute atomic E-state index is 0.00244. The Labute approximate surface area is 152 Å². The topological polar surface area (TPSA) is 54.5 Å². The molecule has 6 heteroatoms. The van der Waals surface area contributed by atoms with E-state index >= 15 is 0 Å². The lowest BCUT2D eigenvalue weighted by Gasteiger charge is -2.33. The molecule has 0 aliphatic carbocycles. The van der Waals surface area contributed by atoms with E-state index < -0.39 is 0 Å². The monoisotopic (exact) mass is 357 g/mol. The average molecular weight is 357 g/mol. The molecule has 4 heterocycles. The summed E-state index contributed by atoms with van der Waals surface area (Å²) in [5, 5.41) is 7.31. The van der Waals surface area contributed by atoms with Crippen molar-refractivity contribution < 1.29 is 9.53 Å². The van der Waals surface area contributed by atoms with Gasteiger partial charge in [0.1, 0.15) is 6.10 Å². The maximum absolute atomic E-state index is 12.4. The van der Waals surface area contributed by atoms with Crippen LogP contribution in [-0.4, -0.2) is 41.1 Å². The number of ether oxygens (including phenoxy) is 1. The molecule has 132 valence electrons. The van der Waals surface area contributed by atoms with Crippen molar-refractivity contribution >= 4 is 17.2 Å². The van der Waals surface area contributed by atoms with Gasteiger partial charge in [0.25, 0.3) is 0 Å². The number of nitrogens with one attached hydrogen (secondary N) is 1. The van der Waals surface area contributed by atoms with Crippen LogP contribution in [0.2, 0.25) is 0 Å². The van der Waals surface area contributed by atoms with E-state index in [0.29, 0.717) is 12.5 Å². The third kappa shape index (κ3) is 4.08. The highest BCUT2D eigenvalue weighted by Gasteiger charge is 2.41. The zero-order chi connectivity index (χ0) is 17.1. The van der Waals surface area contributed by atoms with E-state index in [4.69, 9.17) is 4.74 Å². The summed E-state index contributed by atoms with van der Waals surface area (Å²) in [6, 6.07) is 6.02. The van der Waals surface area contributed by atoms with Crippen LogP contribution < -0.4 is 5.32 Å². The molecule has 0 saturated carbocycles. The third-order valence-electron chi connectivity index (χ3n) is 5.10. The summed E-state index contributed by atoms with van der Waals surface area (Å²) in [5.74, 6) is 0.510. The molecule has 2 aromatic heterocycles. The van der Waals surface area contributed by atoms with Crippen molar-refractivity contribution in [2.24, 2.45) is 5.92 Å². The predicted molar refractivity (Wildman–Crippen MR) is 97.1 cm³/mol. The summed E-state index contributed by atoms with van der Waals surface area (Å²) in [6.45, 7) is 3.50. The number of thiophene rings is 1. The fourth-order valence-electron chi connectivity index (χ4n) is 3.75. The second-order valence-electron chi connectivity index (χ2n) is 6.89. The van der Waals surface area contributed by atoms with E-state index in [-0.39, 0.29) is 18.1 Å². The smallest absolute Gasteiger partial charge is 0.249 e. The number of likely N-dealkylation sites (tertiary alicyclic amines) is 1. The lowest BCUT2D eigenvalue weighted by atomic mass is 9.91. The minimum Gasteiger partial charge on any atom is -0.364 e. The molecule has 0 aromatic carbocycles. The standard InChI is InChI=1S/C19H23N3O2S/c23-19(21-10-14-2-1-5-20-9-14)17-8-16-3-6-22(12-18(16)24-17)11-15-4-7-25-13-15/h1-2,4-5,7,9,13,16-18H,3,6,8,10-12H2,(H,21,23)/t16-,17-,18-/m0/s1. The van der Waals surface area contributed by atoms with Crippen LogP contribution in [0.5, 0.6) is 0 Å². The molecule has 2 aromatic rings. The van der Waals surface area contributed by atoms with E-state index in [2.05, 4.69) is 32.0 Å². The van der Waals surface area contributed by atoms with Crippen molar-refractivity contribution in [1.29, 1.82) is 0 Å². The van der Waals surface area contributed by atoms with Gasteiger partial charge in [0.05, 0.1) is 6.10 Å². The van der Waals surface area contributed by atoms with Crippen LogP contribution in [-0.2, 0) is 22.6 Å². The molecule has 25 heavy (non-hydrogen) atoms. The Morgan fingerprint density at radius 1 is 1.40 bits per heavy atom. The molecule has 3 atom stereocenters. The van der Waals surface area contributed by atoms with Gasteiger partial charge < -0.3 is 10.1 Å². The van der Waals surface area contributed by atoms with Gasteiger partial charge >= 0.3 is 0 Å². The quantitative estimate of drug-likeness (QED) is 0.893. The first-order valence-electron chi connectivity index (χ1n) is 8.83. The molecule has 0 unspecified atom stereocenters. The van der Waals surface area contributed by atoms with Crippen LogP contribution in [0.3, 0.4) is 0 Å². The maximum Gasteiger partial charge on any atom is 0.249 e. The van der Waals surface area contributed by atoms with Gasteiger partial charge in [0.15, 0.2) is 0 Å². The fourth-order valence-corrected chi connectivity index (χ4v) is 4.41. The highest BCUT2D eigenvalue weighted by atomic mass is 32.1. The lowest BCUT2D eigenvalue weighted by Crippen LogP contribution is -2.42. The summed E-state index contributed by atoms with van der Waals surface area (Å²) >= 11 is 1.74. The molecule has 2 fully saturated rings. The zero-order valence-electron chi connectivity index (χ0n) is 14.1. The molecular formula is C19H23N3O2S. The lowest BCUT2D eigenvalue weighted by molar-refractivity contribution is -0.133. The SMILES string of the molecule is O=C(NCc1cccnc1)[C@@H]1C[C@@H]2CCN(Cc3ccsc3)C[C@@H]2O1. The van der Waals surface area contributed by atoms with Crippen molar-refractivity contribution in [2.75, 3.05) is 13.1 Å². The largest absolute Gasteiger partial charge is 0.364 e. The third-order valence-corrected chi connectivity index (χ3v) is 5.84. The number of fused-ring (bicyclic) bond motifs is 1. The van der Waals surface area contributed by atoms with E-state index in [1.807, 2.05) is 12.1 Å². The summed E-state index contributed by atoms with van der Waals surface area (Å²) < 4.78 is 6.10. The Hall–Kier alpha value is -1.76.